The van der Waals surface area contributed by atoms with Gasteiger partial charge >= 0.3 is 0 Å². The number of rotatable bonds is 10. The van der Waals surface area contributed by atoms with E-state index < -0.39 is 10.5 Å². The van der Waals surface area contributed by atoms with Gasteiger partial charge in [0, 0.05) is 16.8 Å². The smallest absolute Gasteiger partial charge is 0.270 e. The van der Waals surface area contributed by atoms with Crippen molar-refractivity contribution in [1.82, 2.24) is 9.97 Å². The Morgan fingerprint density at radius 2 is 1.52 bits per heavy atom. The van der Waals surface area contributed by atoms with E-state index in [2.05, 4.69) is 16.9 Å². The molecule has 1 aromatic carbocycles. The topological polar surface area (TPSA) is 69.2 Å². The Kier molecular flexibility index (Phi) is 7.40. The van der Waals surface area contributed by atoms with Crippen molar-refractivity contribution < 1.29 is 14.3 Å². The van der Waals surface area contributed by atoms with Gasteiger partial charge in [-0.1, -0.05) is 51.2 Å². The standard InChI is InChI=1S/C22H22Cl2N2O3/c1-2-3-4-5-6-7-12-29-18-13-17(22(24)28)26-20-15(18)10-8-14-9-11-16(21(23)27)25-19(14)20/h8-11,13H,2-7,12H2,1H3. The largest absolute Gasteiger partial charge is 0.493 e. The number of halogens is 2. The van der Waals surface area contributed by atoms with Crippen LogP contribution in [0.1, 0.15) is 66.4 Å². The summed E-state index contributed by atoms with van der Waals surface area (Å²) in [5.41, 5.74) is 1.12. The molecule has 3 aromatic rings. The fourth-order valence-electron chi connectivity index (χ4n) is 3.23. The lowest BCUT2D eigenvalue weighted by atomic mass is 10.1. The van der Waals surface area contributed by atoms with Crippen LogP contribution in [0.25, 0.3) is 21.8 Å². The monoisotopic (exact) mass is 432 g/mol. The van der Waals surface area contributed by atoms with E-state index in [0.29, 0.717) is 28.8 Å². The summed E-state index contributed by atoms with van der Waals surface area (Å²) in [4.78, 5) is 32.0. The maximum atomic E-state index is 11.8. The maximum Gasteiger partial charge on any atom is 0.270 e. The van der Waals surface area contributed by atoms with Gasteiger partial charge in [-0.3, -0.25) is 9.59 Å². The van der Waals surface area contributed by atoms with E-state index in [9.17, 15) is 9.59 Å². The fraction of sp³-hybridized carbons (Fsp3) is 0.364. The number of fused-ring (bicyclic) bond motifs is 3. The van der Waals surface area contributed by atoms with Crippen LogP contribution in [0.5, 0.6) is 5.75 Å². The van der Waals surface area contributed by atoms with E-state index in [-0.39, 0.29) is 11.4 Å². The zero-order chi connectivity index (χ0) is 20.8. The quantitative estimate of drug-likeness (QED) is 0.214. The van der Waals surface area contributed by atoms with E-state index >= 15 is 0 Å². The number of ether oxygens (including phenoxy) is 1. The molecular formula is C22H22Cl2N2O3. The molecule has 29 heavy (non-hydrogen) atoms. The van der Waals surface area contributed by atoms with Crippen molar-refractivity contribution in [2.75, 3.05) is 6.61 Å². The fourth-order valence-corrected chi connectivity index (χ4v) is 3.44. The number of carbonyl (C=O) groups is 2. The van der Waals surface area contributed by atoms with E-state index in [0.717, 1.165) is 18.2 Å². The summed E-state index contributed by atoms with van der Waals surface area (Å²) in [6.07, 6.45) is 6.91. The summed E-state index contributed by atoms with van der Waals surface area (Å²) in [7, 11) is 0. The van der Waals surface area contributed by atoms with E-state index in [1.807, 2.05) is 12.1 Å². The molecule has 0 aliphatic rings. The Hall–Kier alpha value is -2.24. The predicted octanol–water partition coefficient (Wildman–Crippen LogP) is 6.28. The number of benzene rings is 1. The summed E-state index contributed by atoms with van der Waals surface area (Å²) < 4.78 is 5.97. The van der Waals surface area contributed by atoms with Gasteiger partial charge in [-0.2, -0.15) is 0 Å². The Morgan fingerprint density at radius 1 is 0.862 bits per heavy atom. The van der Waals surface area contributed by atoms with Gasteiger partial charge in [0.05, 0.1) is 12.1 Å². The molecule has 2 aromatic heterocycles. The summed E-state index contributed by atoms with van der Waals surface area (Å²) in [6.45, 7) is 2.73. The van der Waals surface area contributed by atoms with Crippen molar-refractivity contribution in [2.45, 2.75) is 45.4 Å². The van der Waals surface area contributed by atoms with E-state index in [1.165, 1.54) is 25.7 Å². The minimum absolute atomic E-state index is 0.0778. The SMILES string of the molecule is CCCCCCCCOc1cc(C(=O)Cl)nc2c1ccc1ccc(C(=O)Cl)nc12. The minimum atomic E-state index is -0.683. The third-order valence-corrected chi connectivity index (χ3v) is 5.15. The molecule has 0 saturated heterocycles. The Balaban J connectivity index is 1.94. The molecule has 2 heterocycles. The molecule has 0 unspecified atom stereocenters. The van der Waals surface area contributed by atoms with Gasteiger partial charge in [0.25, 0.3) is 10.5 Å². The third-order valence-electron chi connectivity index (χ3n) is 4.76. The van der Waals surface area contributed by atoms with Crippen LogP contribution >= 0.6 is 23.2 Å². The number of nitrogens with zero attached hydrogens (tertiary/aromatic N) is 2. The highest BCUT2D eigenvalue weighted by molar-refractivity contribution is 6.67. The zero-order valence-electron chi connectivity index (χ0n) is 16.2. The highest BCUT2D eigenvalue weighted by Crippen LogP contribution is 2.31. The molecule has 0 atom stereocenters. The summed E-state index contributed by atoms with van der Waals surface area (Å²) in [5.74, 6) is 0.527. The van der Waals surface area contributed by atoms with Gasteiger partial charge in [-0.05, 0) is 41.8 Å². The molecule has 0 saturated carbocycles. The average Bonchev–Trinajstić information content (AvgIpc) is 2.72. The zero-order valence-corrected chi connectivity index (χ0v) is 17.7. The van der Waals surface area contributed by atoms with Crippen LogP contribution in [-0.4, -0.2) is 27.1 Å². The lowest BCUT2D eigenvalue weighted by molar-refractivity contribution is 0.106. The van der Waals surface area contributed by atoms with Crippen molar-refractivity contribution in [1.29, 1.82) is 0 Å². The molecule has 0 aliphatic heterocycles. The Bertz CT molecular complexity index is 1050. The molecule has 0 amide bonds. The number of carbonyl (C=O) groups excluding carboxylic acids is 2. The summed E-state index contributed by atoms with van der Waals surface area (Å²) in [6, 6.07) is 8.58. The first-order valence-electron chi connectivity index (χ1n) is 9.78. The van der Waals surface area contributed by atoms with Crippen LogP contribution in [0, 0.1) is 0 Å². The van der Waals surface area contributed by atoms with E-state index in [4.69, 9.17) is 27.9 Å². The van der Waals surface area contributed by atoms with Crippen molar-refractivity contribution in [3.8, 4) is 5.75 Å². The second-order valence-corrected chi connectivity index (χ2v) is 7.59. The van der Waals surface area contributed by atoms with Crippen LogP contribution < -0.4 is 4.74 Å². The molecular weight excluding hydrogens is 411 g/mol. The van der Waals surface area contributed by atoms with Crippen molar-refractivity contribution >= 4 is 55.5 Å². The Labute approximate surface area is 179 Å². The van der Waals surface area contributed by atoms with Crippen molar-refractivity contribution in [2.24, 2.45) is 0 Å². The molecule has 0 fully saturated rings. The van der Waals surface area contributed by atoms with Crippen LogP contribution in [0.2, 0.25) is 0 Å². The minimum Gasteiger partial charge on any atom is -0.493 e. The lowest BCUT2D eigenvalue weighted by Gasteiger charge is -2.12. The number of aromatic nitrogens is 2. The molecule has 0 aliphatic carbocycles. The normalized spacial score (nSPS) is 11.1. The van der Waals surface area contributed by atoms with Gasteiger partial charge in [-0.25, -0.2) is 9.97 Å². The maximum absolute atomic E-state index is 11.8. The second kappa shape index (κ2) is 9.99. The van der Waals surface area contributed by atoms with Gasteiger partial charge in [0.15, 0.2) is 0 Å². The van der Waals surface area contributed by atoms with Gasteiger partial charge < -0.3 is 4.74 Å². The van der Waals surface area contributed by atoms with Crippen molar-refractivity contribution in [3.63, 3.8) is 0 Å². The average molecular weight is 433 g/mol. The highest BCUT2D eigenvalue weighted by atomic mass is 35.5. The molecule has 5 nitrogen and oxygen atoms in total. The first-order chi connectivity index (χ1) is 14.0. The lowest BCUT2D eigenvalue weighted by Crippen LogP contribution is -2.03. The Morgan fingerprint density at radius 3 is 2.24 bits per heavy atom. The van der Waals surface area contributed by atoms with Crippen LogP contribution in [0.15, 0.2) is 30.3 Å². The first-order valence-corrected chi connectivity index (χ1v) is 10.5. The third kappa shape index (κ3) is 5.22. The summed E-state index contributed by atoms with van der Waals surface area (Å²) in [5, 5.41) is 0.135. The molecule has 0 bridgehead atoms. The van der Waals surface area contributed by atoms with Gasteiger partial charge in [-0.15, -0.1) is 0 Å². The molecule has 0 spiro atoms. The number of hydrogen-bond acceptors (Lipinski definition) is 5. The van der Waals surface area contributed by atoms with Crippen LogP contribution in [-0.2, 0) is 0 Å². The first kappa shape index (κ1) is 21.5. The number of unbranched alkanes of at least 4 members (excludes halogenated alkanes) is 5. The van der Waals surface area contributed by atoms with Gasteiger partial charge in [0.2, 0.25) is 0 Å². The van der Waals surface area contributed by atoms with Crippen molar-refractivity contribution in [3.05, 3.63) is 41.7 Å². The molecule has 152 valence electrons. The van der Waals surface area contributed by atoms with Gasteiger partial charge in [0.1, 0.15) is 22.7 Å². The number of hydrogen-bond donors (Lipinski definition) is 0. The highest BCUT2D eigenvalue weighted by Gasteiger charge is 2.15. The molecule has 0 radical (unpaired) electrons. The predicted molar refractivity (Wildman–Crippen MR) is 116 cm³/mol. The molecule has 0 N–H and O–H groups in total. The van der Waals surface area contributed by atoms with Crippen LogP contribution in [0.4, 0.5) is 0 Å². The second-order valence-electron chi connectivity index (χ2n) is 6.90. The summed E-state index contributed by atoms with van der Waals surface area (Å²) >= 11 is 11.3. The van der Waals surface area contributed by atoms with Crippen LogP contribution in [0.3, 0.4) is 0 Å². The molecule has 7 heteroatoms. The molecule has 3 rings (SSSR count). The van der Waals surface area contributed by atoms with E-state index in [1.54, 1.807) is 18.2 Å². The number of pyridine rings is 2.